The molecule has 1 aliphatic rings. The van der Waals surface area contributed by atoms with E-state index >= 15 is 0 Å². The number of nitrogens with zero attached hydrogens (tertiary/aromatic N) is 1. The van der Waals surface area contributed by atoms with Crippen LogP contribution in [0.1, 0.15) is 6.92 Å². The molecule has 1 fully saturated rings. The molecule has 1 heterocycles. The second kappa shape index (κ2) is 5.87. The van der Waals surface area contributed by atoms with E-state index in [1.54, 1.807) is 6.07 Å². The molecule has 0 bridgehead atoms. The number of benzene rings is 1. The van der Waals surface area contributed by atoms with Crippen LogP contribution in [0.3, 0.4) is 0 Å². The Morgan fingerprint density at radius 1 is 1.55 bits per heavy atom. The lowest BCUT2D eigenvalue weighted by Crippen LogP contribution is -2.48. The molecule has 0 aliphatic carbocycles. The van der Waals surface area contributed by atoms with E-state index in [9.17, 15) is 14.9 Å². The van der Waals surface area contributed by atoms with Gasteiger partial charge in [-0.1, -0.05) is 6.92 Å². The number of carbonyl (C=O) groups excluding carboxylic acids is 1. The summed E-state index contributed by atoms with van der Waals surface area (Å²) >= 11 is 0. The largest absolute Gasteiger partial charge is 0.490 e. The predicted molar refractivity (Wildman–Crippen MR) is 73.8 cm³/mol. The molecule has 1 aromatic rings. The van der Waals surface area contributed by atoms with E-state index in [-0.39, 0.29) is 23.3 Å². The van der Waals surface area contributed by atoms with Gasteiger partial charge in [-0.3, -0.25) is 14.9 Å². The molecular weight excluding hydrogens is 262 g/mol. The van der Waals surface area contributed by atoms with Crippen LogP contribution in [-0.4, -0.2) is 31.0 Å². The number of nitro benzene ring substituents is 1. The van der Waals surface area contributed by atoms with E-state index in [0.717, 1.165) is 13.1 Å². The van der Waals surface area contributed by atoms with Crippen LogP contribution in [0.4, 0.5) is 11.4 Å². The van der Waals surface area contributed by atoms with Crippen LogP contribution >= 0.6 is 0 Å². The van der Waals surface area contributed by atoms with Crippen LogP contribution in [0.25, 0.3) is 0 Å². The van der Waals surface area contributed by atoms with Gasteiger partial charge in [0, 0.05) is 17.7 Å². The molecule has 1 amide bonds. The van der Waals surface area contributed by atoms with Crippen LogP contribution in [-0.2, 0) is 4.79 Å². The van der Waals surface area contributed by atoms with Crippen LogP contribution in [0.2, 0.25) is 0 Å². The molecule has 1 aliphatic heterocycles. The Hall–Kier alpha value is -2.15. The monoisotopic (exact) mass is 279 g/mol. The predicted octanol–water partition coefficient (Wildman–Crippen LogP) is 1.40. The summed E-state index contributed by atoms with van der Waals surface area (Å²) in [6.45, 7) is 3.52. The maximum atomic E-state index is 12.0. The number of rotatable bonds is 5. The second-order valence-corrected chi connectivity index (χ2v) is 4.84. The third kappa shape index (κ3) is 2.88. The third-order valence-corrected chi connectivity index (χ3v) is 3.58. The van der Waals surface area contributed by atoms with Gasteiger partial charge in [-0.2, -0.15) is 0 Å². The van der Waals surface area contributed by atoms with Gasteiger partial charge in [0.05, 0.1) is 12.0 Å². The highest BCUT2D eigenvalue weighted by molar-refractivity contribution is 5.93. The Labute approximate surface area is 116 Å². The molecule has 0 saturated carbocycles. The number of hydrogen-bond acceptors (Lipinski definition) is 5. The lowest BCUT2D eigenvalue weighted by Gasteiger charge is -2.31. The zero-order chi connectivity index (χ0) is 14.7. The normalized spacial score (nSPS) is 16.1. The van der Waals surface area contributed by atoms with Crippen molar-refractivity contribution in [1.82, 2.24) is 5.32 Å². The van der Waals surface area contributed by atoms with Crippen molar-refractivity contribution in [1.29, 1.82) is 0 Å². The topological polar surface area (TPSA) is 93.5 Å². The summed E-state index contributed by atoms with van der Waals surface area (Å²) in [6, 6.07) is 4.38. The van der Waals surface area contributed by atoms with Crippen molar-refractivity contribution in [3.63, 3.8) is 0 Å². The Balaban J connectivity index is 2.10. The Morgan fingerprint density at radius 2 is 2.25 bits per heavy atom. The summed E-state index contributed by atoms with van der Waals surface area (Å²) < 4.78 is 4.92. The Bertz CT molecular complexity index is 528. The van der Waals surface area contributed by atoms with Gasteiger partial charge in [-0.05, 0) is 31.1 Å². The van der Waals surface area contributed by atoms with Crippen molar-refractivity contribution in [2.45, 2.75) is 6.92 Å². The van der Waals surface area contributed by atoms with Gasteiger partial charge in [-0.25, -0.2) is 0 Å². The molecule has 20 heavy (non-hydrogen) atoms. The van der Waals surface area contributed by atoms with Crippen molar-refractivity contribution < 1.29 is 14.5 Å². The quantitative estimate of drug-likeness (QED) is 0.627. The Kier molecular flexibility index (Phi) is 4.19. The summed E-state index contributed by atoms with van der Waals surface area (Å²) in [7, 11) is 1.37. The average molecular weight is 279 g/mol. The van der Waals surface area contributed by atoms with Crippen molar-refractivity contribution in [2.75, 3.05) is 25.5 Å². The fraction of sp³-hybridized carbons (Fsp3) is 0.462. The minimum absolute atomic E-state index is 0.127. The van der Waals surface area contributed by atoms with E-state index in [2.05, 4.69) is 10.6 Å². The number of amides is 1. The molecule has 1 aromatic carbocycles. The first-order valence-electron chi connectivity index (χ1n) is 6.37. The number of carbonyl (C=O) groups is 1. The average Bonchev–Trinajstić information content (AvgIpc) is 2.36. The second-order valence-electron chi connectivity index (χ2n) is 4.84. The standard InChI is InChI=1S/C13H17N3O4/c1-8(9-6-14-7-9)13(17)15-10-3-4-12(20-2)11(5-10)16(18)19/h3-5,8-9,14H,6-7H2,1-2H3,(H,15,17). The summed E-state index contributed by atoms with van der Waals surface area (Å²) in [6.07, 6.45) is 0. The minimum atomic E-state index is -0.534. The molecule has 1 saturated heterocycles. The minimum Gasteiger partial charge on any atom is -0.490 e. The lowest BCUT2D eigenvalue weighted by atomic mass is 9.88. The maximum absolute atomic E-state index is 12.0. The summed E-state index contributed by atoms with van der Waals surface area (Å²) in [5.74, 6) is 0.237. The van der Waals surface area contributed by atoms with Gasteiger partial charge in [0.1, 0.15) is 0 Å². The molecule has 2 rings (SSSR count). The first-order chi connectivity index (χ1) is 9.52. The van der Waals surface area contributed by atoms with E-state index in [4.69, 9.17) is 4.74 Å². The van der Waals surface area contributed by atoms with Crippen LogP contribution < -0.4 is 15.4 Å². The summed E-state index contributed by atoms with van der Waals surface area (Å²) in [5, 5.41) is 16.7. The van der Waals surface area contributed by atoms with Gasteiger partial charge >= 0.3 is 5.69 Å². The fourth-order valence-electron chi connectivity index (χ4n) is 2.05. The van der Waals surface area contributed by atoms with Gasteiger partial charge in [0.25, 0.3) is 0 Å². The highest BCUT2D eigenvalue weighted by atomic mass is 16.6. The van der Waals surface area contributed by atoms with Gasteiger partial charge in [0.2, 0.25) is 5.91 Å². The zero-order valence-electron chi connectivity index (χ0n) is 11.4. The first-order valence-corrected chi connectivity index (χ1v) is 6.37. The maximum Gasteiger partial charge on any atom is 0.312 e. The molecule has 0 spiro atoms. The number of methoxy groups -OCH3 is 1. The van der Waals surface area contributed by atoms with Gasteiger partial charge in [-0.15, -0.1) is 0 Å². The molecule has 108 valence electrons. The number of anilines is 1. The zero-order valence-corrected chi connectivity index (χ0v) is 11.4. The van der Waals surface area contributed by atoms with Gasteiger partial charge in [0.15, 0.2) is 5.75 Å². The summed E-state index contributed by atoms with van der Waals surface area (Å²) in [4.78, 5) is 22.4. The first kappa shape index (κ1) is 14.3. The fourth-order valence-corrected chi connectivity index (χ4v) is 2.05. The van der Waals surface area contributed by atoms with Crippen molar-refractivity contribution in [3.8, 4) is 5.75 Å². The number of hydrogen-bond donors (Lipinski definition) is 2. The number of nitro groups is 1. The van der Waals surface area contributed by atoms with E-state index in [0.29, 0.717) is 11.6 Å². The molecule has 0 radical (unpaired) electrons. The highest BCUT2D eigenvalue weighted by Gasteiger charge is 2.29. The molecule has 1 unspecified atom stereocenters. The van der Waals surface area contributed by atoms with Crippen molar-refractivity contribution in [3.05, 3.63) is 28.3 Å². The molecule has 1 atom stereocenters. The lowest BCUT2D eigenvalue weighted by molar-refractivity contribution is -0.385. The van der Waals surface area contributed by atoms with Crippen molar-refractivity contribution in [2.24, 2.45) is 11.8 Å². The van der Waals surface area contributed by atoms with E-state index < -0.39 is 4.92 Å². The summed E-state index contributed by atoms with van der Waals surface area (Å²) in [5.41, 5.74) is 0.241. The SMILES string of the molecule is COc1ccc(NC(=O)C(C)C2CNC2)cc1[N+](=O)[O-]. The smallest absolute Gasteiger partial charge is 0.312 e. The number of ether oxygens (including phenoxy) is 1. The molecule has 0 aromatic heterocycles. The third-order valence-electron chi connectivity index (χ3n) is 3.58. The van der Waals surface area contributed by atoms with E-state index in [1.165, 1.54) is 19.2 Å². The van der Waals surface area contributed by atoms with Gasteiger partial charge < -0.3 is 15.4 Å². The van der Waals surface area contributed by atoms with Crippen LogP contribution in [0.15, 0.2) is 18.2 Å². The molecular formula is C13H17N3O4. The molecule has 7 heteroatoms. The number of nitrogens with one attached hydrogen (secondary N) is 2. The Morgan fingerprint density at radius 3 is 2.75 bits per heavy atom. The molecule has 2 N–H and O–H groups in total. The van der Waals surface area contributed by atoms with Crippen molar-refractivity contribution >= 4 is 17.3 Å². The highest BCUT2D eigenvalue weighted by Crippen LogP contribution is 2.30. The van der Waals surface area contributed by atoms with Crippen LogP contribution in [0.5, 0.6) is 5.75 Å². The van der Waals surface area contributed by atoms with Crippen LogP contribution in [0, 0.1) is 22.0 Å². The molecule has 7 nitrogen and oxygen atoms in total. The van der Waals surface area contributed by atoms with E-state index in [1.807, 2.05) is 6.92 Å².